The quantitative estimate of drug-likeness (QED) is 0.807. The predicted molar refractivity (Wildman–Crippen MR) is 91.7 cm³/mol. The molecule has 0 saturated carbocycles. The van der Waals surface area contributed by atoms with Crippen LogP contribution < -0.4 is 0 Å². The fraction of sp³-hybridized carbons (Fsp3) is 0.474. The van der Waals surface area contributed by atoms with E-state index in [0.29, 0.717) is 19.0 Å². The number of hydrogen-bond acceptors (Lipinski definition) is 2. The smallest absolute Gasteiger partial charge is 0.123 e. The van der Waals surface area contributed by atoms with Gasteiger partial charge in [-0.1, -0.05) is 26.0 Å². The van der Waals surface area contributed by atoms with E-state index in [4.69, 9.17) is 0 Å². The molecule has 0 unspecified atom stereocenters. The molecule has 1 N–H and O–H groups in total. The molecule has 0 aliphatic carbocycles. The van der Waals surface area contributed by atoms with Crippen LogP contribution in [0.1, 0.15) is 32.0 Å². The van der Waals surface area contributed by atoms with Crippen LogP contribution in [0.25, 0.3) is 0 Å². The zero-order valence-corrected chi connectivity index (χ0v) is 14.2. The largest absolute Gasteiger partial charge is 0.392 e. The second-order valence-electron chi connectivity index (χ2n) is 6.69. The molecule has 0 radical (unpaired) electrons. The number of nitrogens with zero attached hydrogens (tertiary/aromatic N) is 2. The van der Waals surface area contributed by atoms with E-state index in [-0.39, 0.29) is 11.9 Å². The molecule has 0 saturated heterocycles. The summed E-state index contributed by atoms with van der Waals surface area (Å²) in [4.78, 5) is 2.27. The Morgan fingerprint density at radius 1 is 1.13 bits per heavy atom. The van der Waals surface area contributed by atoms with Crippen molar-refractivity contribution in [3.05, 3.63) is 59.7 Å². The fourth-order valence-corrected chi connectivity index (χ4v) is 2.90. The third kappa shape index (κ3) is 5.81. The van der Waals surface area contributed by atoms with Crippen molar-refractivity contribution < 1.29 is 9.50 Å². The molecule has 0 spiro atoms. The summed E-state index contributed by atoms with van der Waals surface area (Å²) in [5.74, 6) is 0.340. The first-order valence-corrected chi connectivity index (χ1v) is 8.23. The van der Waals surface area contributed by atoms with Crippen molar-refractivity contribution in [2.45, 2.75) is 40.0 Å². The third-order valence-corrected chi connectivity index (χ3v) is 3.70. The zero-order chi connectivity index (χ0) is 16.8. The van der Waals surface area contributed by atoms with Gasteiger partial charge < -0.3 is 9.67 Å². The molecule has 23 heavy (non-hydrogen) atoms. The molecule has 0 bridgehead atoms. The summed E-state index contributed by atoms with van der Waals surface area (Å²) in [5, 5.41) is 9.71. The van der Waals surface area contributed by atoms with Gasteiger partial charge in [-0.25, -0.2) is 4.39 Å². The van der Waals surface area contributed by atoms with Gasteiger partial charge in [0.15, 0.2) is 0 Å². The average molecular weight is 318 g/mol. The van der Waals surface area contributed by atoms with Crippen LogP contribution in [-0.2, 0) is 13.1 Å². The maximum Gasteiger partial charge on any atom is 0.123 e. The molecule has 0 aliphatic rings. The van der Waals surface area contributed by atoms with Gasteiger partial charge in [0.2, 0.25) is 0 Å². The lowest BCUT2D eigenvalue weighted by Crippen LogP contribution is -2.34. The monoisotopic (exact) mass is 318 g/mol. The van der Waals surface area contributed by atoms with Crippen LogP contribution >= 0.6 is 0 Å². The number of benzene rings is 1. The van der Waals surface area contributed by atoms with Crippen molar-refractivity contribution in [2.75, 3.05) is 13.1 Å². The summed E-state index contributed by atoms with van der Waals surface area (Å²) in [6.07, 6.45) is 1.68. The number of aliphatic hydroxyl groups is 1. The molecule has 2 aromatic rings. The number of rotatable bonds is 8. The molecule has 0 aliphatic heterocycles. The van der Waals surface area contributed by atoms with Crippen molar-refractivity contribution >= 4 is 0 Å². The van der Waals surface area contributed by atoms with E-state index in [9.17, 15) is 9.50 Å². The SMILES string of the molecule is CC(C)CN(Cc1cccn1Cc1cccc(F)c1)C[C@@H](C)O. The second-order valence-corrected chi connectivity index (χ2v) is 6.69. The van der Waals surface area contributed by atoms with Crippen LogP contribution in [0.15, 0.2) is 42.6 Å². The van der Waals surface area contributed by atoms with E-state index in [2.05, 4.69) is 29.4 Å². The minimum absolute atomic E-state index is 0.202. The van der Waals surface area contributed by atoms with Crippen LogP contribution in [0.4, 0.5) is 4.39 Å². The van der Waals surface area contributed by atoms with Crippen molar-refractivity contribution in [3.63, 3.8) is 0 Å². The third-order valence-electron chi connectivity index (χ3n) is 3.70. The first-order chi connectivity index (χ1) is 10.9. The number of aliphatic hydroxyl groups excluding tert-OH is 1. The lowest BCUT2D eigenvalue weighted by molar-refractivity contribution is 0.113. The Balaban J connectivity index is 2.09. The Kier molecular flexibility index (Phi) is 6.37. The average Bonchev–Trinajstić information content (AvgIpc) is 2.84. The zero-order valence-electron chi connectivity index (χ0n) is 14.2. The van der Waals surface area contributed by atoms with E-state index in [1.165, 1.54) is 11.8 Å². The standard InChI is InChI=1S/C19H27FN2O/c1-15(2)11-21(12-16(3)23)14-19-8-5-9-22(19)13-17-6-4-7-18(20)10-17/h4-10,15-16,23H,11-14H2,1-3H3/t16-/m1/s1. The summed E-state index contributed by atoms with van der Waals surface area (Å²) >= 11 is 0. The van der Waals surface area contributed by atoms with E-state index >= 15 is 0 Å². The van der Waals surface area contributed by atoms with Gasteiger partial charge >= 0.3 is 0 Å². The van der Waals surface area contributed by atoms with Crippen molar-refractivity contribution in [1.29, 1.82) is 0 Å². The topological polar surface area (TPSA) is 28.4 Å². The molecule has 1 atom stereocenters. The minimum Gasteiger partial charge on any atom is -0.392 e. The summed E-state index contributed by atoms with van der Waals surface area (Å²) < 4.78 is 15.5. The van der Waals surface area contributed by atoms with E-state index in [1.807, 2.05) is 25.3 Å². The molecule has 2 rings (SSSR count). The number of halogens is 1. The van der Waals surface area contributed by atoms with Crippen LogP contribution in [0, 0.1) is 11.7 Å². The lowest BCUT2D eigenvalue weighted by atomic mass is 10.2. The Hall–Kier alpha value is -1.65. The van der Waals surface area contributed by atoms with Crippen LogP contribution in [0.2, 0.25) is 0 Å². The Labute approximate surface area is 138 Å². The van der Waals surface area contributed by atoms with Gasteiger partial charge in [0.05, 0.1) is 6.10 Å². The van der Waals surface area contributed by atoms with Crippen LogP contribution in [-0.4, -0.2) is 33.8 Å². The van der Waals surface area contributed by atoms with Crippen molar-refractivity contribution in [3.8, 4) is 0 Å². The maximum atomic E-state index is 13.3. The molecule has 0 amide bonds. The number of aromatic nitrogens is 1. The second kappa shape index (κ2) is 8.27. The first kappa shape index (κ1) is 17.7. The van der Waals surface area contributed by atoms with Gasteiger partial charge in [-0.15, -0.1) is 0 Å². The predicted octanol–water partition coefficient (Wildman–Crippen LogP) is 3.51. The van der Waals surface area contributed by atoms with Crippen LogP contribution in [0.5, 0.6) is 0 Å². The van der Waals surface area contributed by atoms with Crippen molar-refractivity contribution in [2.24, 2.45) is 5.92 Å². The van der Waals surface area contributed by atoms with Gasteiger partial charge in [-0.3, -0.25) is 4.90 Å². The highest BCUT2D eigenvalue weighted by Crippen LogP contribution is 2.13. The summed E-state index contributed by atoms with van der Waals surface area (Å²) in [5.41, 5.74) is 2.13. The number of hydrogen-bond donors (Lipinski definition) is 1. The van der Waals surface area contributed by atoms with Crippen LogP contribution in [0.3, 0.4) is 0 Å². The molecule has 0 fully saturated rings. The molecule has 1 heterocycles. The maximum absolute atomic E-state index is 13.3. The Bertz CT molecular complexity index is 597. The van der Waals surface area contributed by atoms with Gasteiger partial charge in [0.1, 0.15) is 5.82 Å². The van der Waals surface area contributed by atoms with Gasteiger partial charge in [-0.05, 0) is 42.7 Å². The molecular formula is C19H27FN2O. The minimum atomic E-state index is -0.347. The molecule has 1 aromatic carbocycles. The van der Waals surface area contributed by atoms with Crippen molar-refractivity contribution in [1.82, 2.24) is 9.47 Å². The Morgan fingerprint density at radius 3 is 2.57 bits per heavy atom. The summed E-state index contributed by atoms with van der Waals surface area (Å²) in [6, 6.07) is 10.8. The molecule has 3 nitrogen and oxygen atoms in total. The summed E-state index contributed by atoms with van der Waals surface area (Å²) in [7, 11) is 0. The van der Waals surface area contributed by atoms with E-state index < -0.39 is 0 Å². The molecule has 4 heteroatoms. The first-order valence-electron chi connectivity index (χ1n) is 8.23. The molecule has 126 valence electrons. The van der Waals surface area contributed by atoms with E-state index in [1.54, 1.807) is 12.1 Å². The van der Waals surface area contributed by atoms with E-state index in [0.717, 1.165) is 18.7 Å². The van der Waals surface area contributed by atoms with Gasteiger partial charge in [0.25, 0.3) is 0 Å². The highest BCUT2D eigenvalue weighted by atomic mass is 19.1. The Morgan fingerprint density at radius 2 is 1.91 bits per heavy atom. The lowest BCUT2D eigenvalue weighted by Gasteiger charge is -2.26. The highest BCUT2D eigenvalue weighted by molar-refractivity contribution is 5.18. The molecular weight excluding hydrogens is 291 g/mol. The molecule has 1 aromatic heterocycles. The summed E-state index contributed by atoms with van der Waals surface area (Å²) in [6.45, 7) is 9.22. The highest BCUT2D eigenvalue weighted by Gasteiger charge is 2.13. The van der Waals surface area contributed by atoms with Gasteiger partial charge in [0, 0.05) is 38.1 Å². The van der Waals surface area contributed by atoms with Gasteiger partial charge in [-0.2, -0.15) is 0 Å². The normalized spacial score (nSPS) is 13.0. The fourth-order valence-electron chi connectivity index (χ4n) is 2.90.